The van der Waals surface area contributed by atoms with Crippen LogP contribution in [0.4, 0.5) is 0 Å². The lowest BCUT2D eigenvalue weighted by Crippen LogP contribution is -2.26. The van der Waals surface area contributed by atoms with E-state index in [0.717, 1.165) is 5.71 Å². The van der Waals surface area contributed by atoms with Crippen molar-refractivity contribution in [2.45, 2.75) is 26.8 Å². The molecule has 1 aliphatic heterocycles. The Morgan fingerprint density at radius 2 is 2.08 bits per heavy atom. The molecule has 1 heterocycles. The highest BCUT2D eigenvalue weighted by molar-refractivity contribution is 6.12. The number of hydrogen-bond donors (Lipinski definition) is 0. The first-order valence-corrected chi connectivity index (χ1v) is 4.58. The van der Waals surface area contributed by atoms with E-state index in [2.05, 4.69) is 49.0 Å². The van der Waals surface area contributed by atoms with Gasteiger partial charge < -0.3 is 0 Å². The molecule has 1 atom stereocenters. The van der Waals surface area contributed by atoms with Gasteiger partial charge in [0.05, 0.1) is 5.71 Å². The van der Waals surface area contributed by atoms with E-state index in [-0.39, 0.29) is 11.5 Å². The molecule has 2 aliphatic rings. The van der Waals surface area contributed by atoms with E-state index in [9.17, 15) is 0 Å². The standard InChI is InChI=1S/C11H14N2/c1-11(2,3)8-5-4-6-9-10(8)13-7-12-9/h4-7,9H,1-3H3. The molecule has 0 aromatic carbocycles. The zero-order chi connectivity index (χ0) is 9.47. The Balaban J connectivity index is 2.40. The second-order valence-electron chi connectivity index (χ2n) is 4.44. The Labute approximate surface area is 78.8 Å². The first kappa shape index (κ1) is 8.42. The molecule has 1 unspecified atom stereocenters. The lowest BCUT2D eigenvalue weighted by molar-refractivity contribution is 0.522. The molecule has 0 radical (unpaired) electrons. The molecule has 68 valence electrons. The fraction of sp³-hybridized carbons (Fsp3) is 0.455. The van der Waals surface area contributed by atoms with Gasteiger partial charge in [0.2, 0.25) is 0 Å². The molecule has 0 aromatic heterocycles. The van der Waals surface area contributed by atoms with Gasteiger partial charge in [-0.3, -0.25) is 4.99 Å². The van der Waals surface area contributed by atoms with Crippen LogP contribution in [0, 0.1) is 5.41 Å². The second-order valence-corrected chi connectivity index (χ2v) is 4.44. The van der Waals surface area contributed by atoms with Crippen LogP contribution in [0.5, 0.6) is 0 Å². The molecule has 2 nitrogen and oxygen atoms in total. The fourth-order valence-corrected chi connectivity index (χ4v) is 1.66. The Morgan fingerprint density at radius 1 is 1.31 bits per heavy atom. The van der Waals surface area contributed by atoms with E-state index in [0.29, 0.717) is 0 Å². The summed E-state index contributed by atoms with van der Waals surface area (Å²) in [6.07, 6.45) is 7.96. The van der Waals surface area contributed by atoms with E-state index < -0.39 is 0 Å². The van der Waals surface area contributed by atoms with Crippen LogP contribution in [0.3, 0.4) is 0 Å². The van der Waals surface area contributed by atoms with Crippen molar-refractivity contribution < 1.29 is 0 Å². The summed E-state index contributed by atoms with van der Waals surface area (Å²) in [5, 5.41) is 0. The lowest BCUT2D eigenvalue weighted by Gasteiger charge is -2.26. The minimum absolute atomic E-state index is 0.162. The highest BCUT2D eigenvalue weighted by Crippen LogP contribution is 2.31. The highest BCUT2D eigenvalue weighted by atomic mass is 15.0. The number of rotatable bonds is 0. The number of fused-ring (bicyclic) bond motifs is 1. The lowest BCUT2D eigenvalue weighted by atomic mass is 9.79. The predicted octanol–water partition coefficient (Wildman–Crippen LogP) is 2.38. The number of aliphatic imine (C=N–C) groups is 2. The van der Waals surface area contributed by atoms with Gasteiger partial charge >= 0.3 is 0 Å². The first-order chi connectivity index (χ1) is 6.09. The fourth-order valence-electron chi connectivity index (χ4n) is 1.66. The van der Waals surface area contributed by atoms with Crippen LogP contribution in [0.2, 0.25) is 0 Å². The smallest absolute Gasteiger partial charge is 0.112 e. The summed E-state index contributed by atoms with van der Waals surface area (Å²) in [4.78, 5) is 8.58. The van der Waals surface area contributed by atoms with E-state index >= 15 is 0 Å². The van der Waals surface area contributed by atoms with E-state index in [1.54, 1.807) is 6.34 Å². The molecule has 2 rings (SSSR count). The van der Waals surface area contributed by atoms with Crippen LogP contribution in [-0.2, 0) is 0 Å². The van der Waals surface area contributed by atoms with Gasteiger partial charge in [-0.2, -0.15) is 0 Å². The van der Waals surface area contributed by atoms with Crippen molar-refractivity contribution in [2.24, 2.45) is 15.4 Å². The van der Waals surface area contributed by atoms with Gasteiger partial charge in [-0.1, -0.05) is 39.0 Å². The summed E-state index contributed by atoms with van der Waals surface area (Å²) in [5.41, 5.74) is 2.59. The normalized spacial score (nSPS) is 25.6. The summed E-state index contributed by atoms with van der Waals surface area (Å²) in [5.74, 6) is 0. The Bertz CT molecular complexity index is 338. The van der Waals surface area contributed by atoms with Gasteiger partial charge in [-0.15, -0.1) is 0 Å². The van der Waals surface area contributed by atoms with Gasteiger partial charge in [0.25, 0.3) is 0 Å². The molecule has 1 aliphatic carbocycles. The van der Waals surface area contributed by atoms with Crippen molar-refractivity contribution in [1.29, 1.82) is 0 Å². The molecule has 0 saturated heterocycles. The van der Waals surface area contributed by atoms with Gasteiger partial charge in [0, 0.05) is 0 Å². The molecular weight excluding hydrogens is 160 g/mol. The van der Waals surface area contributed by atoms with Gasteiger partial charge in [-0.05, 0) is 11.0 Å². The summed E-state index contributed by atoms with van der Waals surface area (Å²) in [6.45, 7) is 6.61. The monoisotopic (exact) mass is 174 g/mol. The summed E-state index contributed by atoms with van der Waals surface area (Å²) in [6, 6.07) is 0.180. The summed E-state index contributed by atoms with van der Waals surface area (Å²) in [7, 11) is 0. The topological polar surface area (TPSA) is 24.7 Å². The number of allylic oxidation sites excluding steroid dienone is 2. The molecule has 0 aromatic rings. The Kier molecular flexibility index (Phi) is 1.72. The van der Waals surface area contributed by atoms with Crippen LogP contribution in [0.25, 0.3) is 0 Å². The first-order valence-electron chi connectivity index (χ1n) is 4.58. The van der Waals surface area contributed by atoms with Gasteiger partial charge in [-0.25, -0.2) is 4.99 Å². The third-order valence-electron chi connectivity index (χ3n) is 2.34. The summed E-state index contributed by atoms with van der Waals surface area (Å²) < 4.78 is 0. The minimum Gasteiger partial charge on any atom is -0.260 e. The third-order valence-corrected chi connectivity index (χ3v) is 2.34. The zero-order valence-corrected chi connectivity index (χ0v) is 8.28. The molecule has 0 bridgehead atoms. The predicted molar refractivity (Wildman–Crippen MR) is 56.4 cm³/mol. The second kappa shape index (κ2) is 2.66. The van der Waals surface area contributed by atoms with Crippen LogP contribution < -0.4 is 0 Å². The van der Waals surface area contributed by atoms with Crippen LogP contribution in [0.1, 0.15) is 20.8 Å². The van der Waals surface area contributed by atoms with E-state index in [1.165, 1.54) is 5.57 Å². The van der Waals surface area contributed by atoms with Crippen molar-refractivity contribution in [2.75, 3.05) is 0 Å². The van der Waals surface area contributed by atoms with Crippen molar-refractivity contribution >= 4 is 12.1 Å². The molecular formula is C11H14N2. The molecule has 13 heavy (non-hydrogen) atoms. The van der Waals surface area contributed by atoms with Crippen LogP contribution in [0.15, 0.2) is 33.8 Å². The maximum Gasteiger partial charge on any atom is 0.112 e. The van der Waals surface area contributed by atoms with E-state index in [1.807, 2.05) is 0 Å². The molecule has 0 amide bonds. The number of hydrogen-bond acceptors (Lipinski definition) is 2. The molecule has 0 fully saturated rings. The van der Waals surface area contributed by atoms with Gasteiger partial charge in [0.15, 0.2) is 0 Å². The average molecular weight is 174 g/mol. The number of nitrogens with zero attached hydrogens (tertiary/aromatic N) is 2. The molecule has 0 spiro atoms. The Hall–Kier alpha value is -1.18. The highest BCUT2D eigenvalue weighted by Gasteiger charge is 2.28. The van der Waals surface area contributed by atoms with Crippen molar-refractivity contribution in [3.8, 4) is 0 Å². The summed E-state index contributed by atoms with van der Waals surface area (Å²) >= 11 is 0. The van der Waals surface area contributed by atoms with Crippen LogP contribution >= 0.6 is 0 Å². The molecule has 0 saturated carbocycles. The largest absolute Gasteiger partial charge is 0.260 e. The van der Waals surface area contributed by atoms with Crippen molar-refractivity contribution in [3.63, 3.8) is 0 Å². The molecule has 0 N–H and O–H groups in total. The SMILES string of the molecule is CC(C)(C)C1=CC=CC2N=CN=C12. The quantitative estimate of drug-likeness (QED) is 0.538. The Morgan fingerprint density at radius 3 is 2.77 bits per heavy atom. The van der Waals surface area contributed by atoms with E-state index in [4.69, 9.17) is 0 Å². The van der Waals surface area contributed by atoms with Crippen LogP contribution in [-0.4, -0.2) is 18.1 Å². The van der Waals surface area contributed by atoms with Crippen molar-refractivity contribution in [1.82, 2.24) is 0 Å². The zero-order valence-electron chi connectivity index (χ0n) is 8.28. The van der Waals surface area contributed by atoms with Crippen molar-refractivity contribution in [3.05, 3.63) is 23.8 Å². The average Bonchev–Trinajstić information content (AvgIpc) is 2.48. The minimum atomic E-state index is 0.162. The van der Waals surface area contributed by atoms with Gasteiger partial charge in [0.1, 0.15) is 12.4 Å². The maximum absolute atomic E-state index is 4.31. The third kappa shape index (κ3) is 1.37. The maximum atomic E-state index is 4.31. The molecule has 2 heteroatoms.